The second kappa shape index (κ2) is 6.23. The zero-order valence-electron chi connectivity index (χ0n) is 4.81. The van der Waals surface area contributed by atoms with Crippen LogP contribution in [0.2, 0.25) is 0 Å². The van der Waals surface area contributed by atoms with Crippen LogP contribution in [-0.4, -0.2) is 6.29 Å². The Hall–Kier alpha value is -0.770. The van der Waals surface area contributed by atoms with Gasteiger partial charge in [-0.1, -0.05) is 0 Å². The van der Waals surface area contributed by atoms with Crippen LogP contribution >= 0.6 is 0 Å². The molecule has 43 valence electrons. The lowest BCUT2D eigenvalue weighted by atomic mass is 10.2. The second-order valence-electron chi connectivity index (χ2n) is 1.56. The van der Waals surface area contributed by atoms with Gasteiger partial charge in [0, 0.05) is 12.8 Å². The number of unbranched alkanes of at least 4 members (excludes halogenated alkanes) is 3. The molecule has 0 aliphatic rings. The first-order chi connectivity index (χ1) is 3.91. The van der Waals surface area contributed by atoms with E-state index in [0.29, 0.717) is 6.42 Å². The van der Waals surface area contributed by atoms with Crippen LogP contribution in [0.1, 0.15) is 25.7 Å². The summed E-state index contributed by atoms with van der Waals surface area (Å²) in [5.41, 5.74) is 0. The van der Waals surface area contributed by atoms with Crippen LogP contribution in [0.3, 0.4) is 0 Å². The average Bonchev–Trinajstić information content (AvgIpc) is 1.81. The SMILES string of the molecule is C#CCCCC[C]=O. The molecule has 0 aromatic rings. The van der Waals surface area contributed by atoms with E-state index in [1.54, 1.807) is 0 Å². The van der Waals surface area contributed by atoms with E-state index in [0.717, 1.165) is 19.3 Å². The van der Waals surface area contributed by atoms with Gasteiger partial charge in [0.1, 0.15) is 0 Å². The predicted octanol–water partition coefficient (Wildman–Crippen LogP) is 1.29. The molecule has 0 N–H and O–H groups in total. The van der Waals surface area contributed by atoms with Crippen LogP contribution in [0, 0.1) is 12.3 Å². The van der Waals surface area contributed by atoms with Crippen molar-refractivity contribution in [1.29, 1.82) is 0 Å². The Balaban J connectivity index is 2.74. The molecular formula is C7H9O. The summed E-state index contributed by atoms with van der Waals surface area (Å²) in [7, 11) is 0. The Morgan fingerprint density at radius 2 is 1.88 bits per heavy atom. The number of rotatable bonds is 4. The van der Waals surface area contributed by atoms with Crippen LogP contribution in [0.15, 0.2) is 0 Å². The summed E-state index contributed by atoms with van der Waals surface area (Å²) >= 11 is 0. The molecular weight excluding hydrogens is 100 g/mol. The van der Waals surface area contributed by atoms with Crippen molar-refractivity contribution in [2.24, 2.45) is 0 Å². The summed E-state index contributed by atoms with van der Waals surface area (Å²) in [5.74, 6) is 2.50. The lowest BCUT2D eigenvalue weighted by Crippen LogP contribution is -1.75. The summed E-state index contributed by atoms with van der Waals surface area (Å²) < 4.78 is 0. The van der Waals surface area contributed by atoms with Gasteiger partial charge in [0.2, 0.25) is 0 Å². The molecule has 0 unspecified atom stereocenters. The van der Waals surface area contributed by atoms with Crippen molar-refractivity contribution in [2.75, 3.05) is 0 Å². The minimum absolute atomic E-state index is 0.529. The fraction of sp³-hybridized carbons (Fsp3) is 0.571. The predicted molar refractivity (Wildman–Crippen MR) is 33.0 cm³/mol. The fourth-order valence-corrected chi connectivity index (χ4v) is 0.424. The monoisotopic (exact) mass is 109 g/mol. The highest BCUT2D eigenvalue weighted by molar-refractivity contribution is 5.50. The van der Waals surface area contributed by atoms with E-state index < -0.39 is 0 Å². The minimum Gasteiger partial charge on any atom is -0.291 e. The maximum absolute atomic E-state index is 9.59. The molecule has 0 amide bonds. The normalized spacial score (nSPS) is 7.88. The smallest absolute Gasteiger partial charge is 0.198 e. The van der Waals surface area contributed by atoms with Gasteiger partial charge in [0.25, 0.3) is 0 Å². The van der Waals surface area contributed by atoms with Gasteiger partial charge in [-0.3, -0.25) is 4.79 Å². The molecule has 0 heterocycles. The Bertz CT molecular complexity index is 89.1. The summed E-state index contributed by atoms with van der Waals surface area (Å²) in [6, 6.07) is 0. The van der Waals surface area contributed by atoms with Gasteiger partial charge in [-0.05, 0) is 12.8 Å². The zero-order chi connectivity index (χ0) is 6.24. The standard InChI is InChI=1S/C7H9O/c1-2-3-4-5-6-7-8/h1H,3-6H2. The van der Waals surface area contributed by atoms with Crippen molar-refractivity contribution in [3.63, 3.8) is 0 Å². The van der Waals surface area contributed by atoms with E-state index in [9.17, 15) is 4.79 Å². The summed E-state index contributed by atoms with van der Waals surface area (Å²) in [6.45, 7) is 0. The highest BCUT2D eigenvalue weighted by Gasteiger charge is 1.82. The highest BCUT2D eigenvalue weighted by Crippen LogP contribution is 1.94. The molecule has 0 bridgehead atoms. The molecule has 0 aromatic heterocycles. The topological polar surface area (TPSA) is 17.1 Å². The molecule has 1 nitrogen and oxygen atoms in total. The van der Waals surface area contributed by atoms with Gasteiger partial charge < -0.3 is 0 Å². The third kappa shape index (κ3) is 5.23. The van der Waals surface area contributed by atoms with Gasteiger partial charge in [0.15, 0.2) is 6.29 Å². The highest BCUT2D eigenvalue weighted by atomic mass is 16.1. The number of terminal acetylenes is 1. The fourth-order valence-electron chi connectivity index (χ4n) is 0.424. The van der Waals surface area contributed by atoms with Crippen molar-refractivity contribution in [2.45, 2.75) is 25.7 Å². The first-order valence-corrected chi connectivity index (χ1v) is 2.70. The Morgan fingerprint density at radius 3 is 2.38 bits per heavy atom. The summed E-state index contributed by atoms with van der Waals surface area (Å²) in [6.07, 6.45) is 9.91. The van der Waals surface area contributed by atoms with Crippen LogP contribution < -0.4 is 0 Å². The molecule has 1 heteroatoms. The Labute approximate surface area is 50.1 Å². The Morgan fingerprint density at radius 1 is 1.25 bits per heavy atom. The van der Waals surface area contributed by atoms with E-state index in [1.165, 1.54) is 0 Å². The molecule has 0 aliphatic heterocycles. The van der Waals surface area contributed by atoms with Gasteiger partial charge in [0.05, 0.1) is 0 Å². The number of hydrogen-bond donors (Lipinski definition) is 0. The molecule has 1 radical (unpaired) electrons. The van der Waals surface area contributed by atoms with Crippen molar-refractivity contribution in [3.8, 4) is 12.3 Å². The van der Waals surface area contributed by atoms with E-state index in [4.69, 9.17) is 6.42 Å². The quantitative estimate of drug-likeness (QED) is 0.392. The van der Waals surface area contributed by atoms with Gasteiger partial charge in [-0.15, -0.1) is 12.3 Å². The van der Waals surface area contributed by atoms with E-state index in [2.05, 4.69) is 5.92 Å². The van der Waals surface area contributed by atoms with Crippen LogP contribution in [0.5, 0.6) is 0 Å². The van der Waals surface area contributed by atoms with Gasteiger partial charge >= 0.3 is 0 Å². The molecule has 0 spiro atoms. The van der Waals surface area contributed by atoms with Crippen molar-refractivity contribution in [3.05, 3.63) is 0 Å². The minimum atomic E-state index is 0.529. The summed E-state index contributed by atoms with van der Waals surface area (Å²) in [5, 5.41) is 0. The molecule has 0 atom stereocenters. The molecule has 0 rings (SSSR count). The largest absolute Gasteiger partial charge is 0.291 e. The average molecular weight is 109 g/mol. The zero-order valence-corrected chi connectivity index (χ0v) is 4.81. The molecule has 0 saturated carbocycles. The van der Waals surface area contributed by atoms with Gasteiger partial charge in [-0.25, -0.2) is 0 Å². The van der Waals surface area contributed by atoms with Crippen LogP contribution in [0.25, 0.3) is 0 Å². The van der Waals surface area contributed by atoms with E-state index in [1.807, 2.05) is 6.29 Å². The Kier molecular flexibility index (Phi) is 5.63. The second-order valence-corrected chi connectivity index (χ2v) is 1.56. The lowest BCUT2D eigenvalue weighted by molar-refractivity contribution is 0.547. The third-order valence-electron chi connectivity index (χ3n) is 0.850. The maximum Gasteiger partial charge on any atom is 0.198 e. The van der Waals surface area contributed by atoms with E-state index >= 15 is 0 Å². The maximum atomic E-state index is 9.59. The van der Waals surface area contributed by atoms with Crippen molar-refractivity contribution >= 4 is 6.29 Å². The number of carbonyl (C=O) groups excluding carboxylic acids is 1. The van der Waals surface area contributed by atoms with Gasteiger partial charge in [-0.2, -0.15) is 0 Å². The lowest BCUT2D eigenvalue weighted by Gasteiger charge is -1.85. The number of hydrogen-bond acceptors (Lipinski definition) is 1. The molecule has 8 heavy (non-hydrogen) atoms. The van der Waals surface area contributed by atoms with Crippen LogP contribution in [-0.2, 0) is 4.79 Å². The molecule has 0 saturated heterocycles. The van der Waals surface area contributed by atoms with Crippen molar-refractivity contribution in [1.82, 2.24) is 0 Å². The van der Waals surface area contributed by atoms with Crippen LogP contribution in [0.4, 0.5) is 0 Å². The molecule has 0 aliphatic carbocycles. The molecule has 0 fully saturated rings. The van der Waals surface area contributed by atoms with Crippen molar-refractivity contribution < 1.29 is 4.79 Å². The molecule has 0 aromatic carbocycles. The summed E-state index contributed by atoms with van der Waals surface area (Å²) in [4.78, 5) is 9.59. The first-order valence-electron chi connectivity index (χ1n) is 2.70. The third-order valence-corrected chi connectivity index (χ3v) is 0.850. The van der Waals surface area contributed by atoms with E-state index in [-0.39, 0.29) is 0 Å². The first kappa shape index (κ1) is 7.23.